The second kappa shape index (κ2) is 10.5. The molecule has 2 atom stereocenters. The number of aromatic nitrogens is 1. The van der Waals surface area contributed by atoms with Gasteiger partial charge < -0.3 is 19.8 Å². The lowest BCUT2D eigenvalue weighted by Gasteiger charge is -2.27. The van der Waals surface area contributed by atoms with Crippen LogP contribution in [0.1, 0.15) is 51.2 Å². The molecule has 3 rings (SSSR count). The van der Waals surface area contributed by atoms with Gasteiger partial charge in [-0.25, -0.2) is 4.98 Å². The van der Waals surface area contributed by atoms with Crippen LogP contribution in [0.4, 0.5) is 0 Å². The Morgan fingerprint density at radius 2 is 2.19 bits per heavy atom. The number of aldehydes is 1. The summed E-state index contributed by atoms with van der Waals surface area (Å²) < 4.78 is 11.8. The first-order valence-corrected chi connectivity index (χ1v) is 10.9. The second-order valence-electron chi connectivity index (χ2n) is 7.60. The standard InChI is InChI=1S/C23H28ClN3O4/c1-4-30-20-9-8-17(24)11-18(20)23-26-12-21(31-23)15-6-5-7-16(10-15)22(29)27-19(13-28)14(2)25-3/h8-9,11-13,15-16,25H,4-7,10H2,1-3H3,(H,27,29)/b19-14+. The number of nitrogens with one attached hydrogen (secondary N) is 2. The van der Waals surface area contributed by atoms with E-state index in [-0.39, 0.29) is 23.4 Å². The van der Waals surface area contributed by atoms with E-state index in [2.05, 4.69) is 15.6 Å². The zero-order valence-electron chi connectivity index (χ0n) is 18.0. The molecule has 1 amide bonds. The van der Waals surface area contributed by atoms with E-state index in [9.17, 15) is 9.59 Å². The summed E-state index contributed by atoms with van der Waals surface area (Å²) in [6, 6.07) is 5.34. The van der Waals surface area contributed by atoms with Crippen LogP contribution in [0.3, 0.4) is 0 Å². The molecule has 1 aliphatic rings. The lowest BCUT2D eigenvalue weighted by molar-refractivity contribution is -0.126. The third-order valence-corrected chi connectivity index (χ3v) is 5.83. The van der Waals surface area contributed by atoms with Gasteiger partial charge in [-0.05, 0) is 51.3 Å². The van der Waals surface area contributed by atoms with E-state index in [0.717, 1.165) is 25.0 Å². The van der Waals surface area contributed by atoms with Crippen LogP contribution in [0, 0.1) is 5.92 Å². The van der Waals surface area contributed by atoms with Crippen molar-refractivity contribution in [3.05, 3.63) is 46.6 Å². The number of nitrogens with zero attached hydrogens (tertiary/aromatic N) is 1. The van der Waals surface area contributed by atoms with Gasteiger partial charge in [-0.1, -0.05) is 18.0 Å². The van der Waals surface area contributed by atoms with Crippen LogP contribution in [0.5, 0.6) is 5.75 Å². The Hall–Kier alpha value is -2.80. The molecule has 2 N–H and O–H groups in total. The fraction of sp³-hybridized carbons (Fsp3) is 0.435. The molecule has 1 saturated carbocycles. The SMILES string of the molecule is CCOc1ccc(Cl)cc1-c1ncc(C2CCCC(C(=O)N/C(C=O)=C(\C)NC)C2)o1. The molecule has 7 nitrogen and oxygen atoms in total. The van der Waals surface area contributed by atoms with Gasteiger partial charge in [-0.3, -0.25) is 9.59 Å². The zero-order valence-corrected chi connectivity index (χ0v) is 18.8. The summed E-state index contributed by atoms with van der Waals surface area (Å²) in [5, 5.41) is 6.21. The van der Waals surface area contributed by atoms with Crippen molar-refractivity contribution in [3.8, 4) is 17.2 Å². The van der Waals surface area contributed by atoms with Crippen LogP contribution in [0.2, 0.25) is 5.02 Å². The predicted molar refractivity (Wildman–Crippen MR) is 119 cm³/mol. The summed E-state index contributed by atoms with van der Waals surface area (Å²) in [7, 11) is 1.71. The monoisotopic (exact) mass is 445 g/mol. The average Bonchev–Trinajstić information content (AvgIpc) is 3.28. The molecule has 0 radical (unpaired) electrons. The molecular formula is C23H28ClN3O4. The number of hydrogen-bond acceptors (Lipinski definition) is 6. The molecule has 0 aliphatic heterocycles. The maximum Gasteiger partial charge on any atom is 0.230 e. The first kappa shape index (κ1) is 22.9. The Labute approximate surface area is 187 Å². The largest absolute Gasteiger partial charge is 0.493 e. The average molecular weight is 446 g/mol. The summed E-state index contributed by atoms with van der Waals surface area (Å²) in [5.41, 5.74) is 1.59. The lowest BCUT2D eigenvalue weighted by Crippen LogP contribution is -2.34. The Morgan fingerprint density at radius 1 is 1.39 bits per heavy atom. The van der Waals surface area contributed by atoms with Crippen molar-refractivity contribution in [2.45, 2.75) is 45.4 Å². The Kier molecular flexibility index (Phi) is 7.74. The van der Waals surface area contributed by atoms with Crippen molar-refractivity contribution in [1.29, 1.82) is 0 Å². The van der Waals surface area contributed by atoms with Crippen LogP contribution in [-0.2, 0) is 9.59 Å². The molecule has 8 heteroatoms. The molecule has 1 aromatic heterocycles. The summed E-state index contributed by atoms with van der Waals surface area (Å²) in [6.45, 7) is 4.18. The van der Waals surface area contributed by atoms with Gasteiger partial charge >= 0.3 is 0 Å². The fourth-order valence-corrected chi connectivity index (χ4v) is 3.99. The molecule has 1 aromatic carbocycles. The van der Waals surface area contributed by atoms with E-state index in [1.54, 1.807) is 38.4 Å². The first-order valence-electron chi connectivity index (χ1n) is 10.5. The Balaban J connectivity index is 1.75. The summed E-state index contributed by atoms with van der Waals surface area (Å²) in [5.74, 6) is 1.59. The van der Waals surface area contributed by atoms with Crippen LogP contribution in [-0.4, -0.2) is 30.8 Å². The number of ether oxygens (including phenoxy) is 1. The van der Waals surface area contributed by atoms with Crippen molar-refractivity contribution < 1.29 is 18.7 Å². The van der Waals surface area contributed by atoms with Crippen LogP contribution >= 0.6 is 11.6 Å². The number of halogens is 1. The summed E-state index contributed by atoms with van der Waals surface area (Å²) >= 11 is 6.16. The van der Waals surface area contributed by atoms with E-state index < -0.39 is 0 Å². The van der Waals surface area contributed by atoms with E-state index in [4.69, 9.17) is 20.8 Å². The van der Waals surface area contributed by atoms with Crippen LogP contribution < -0.4 is 15.4 Å². The minimum absolute atomic E-state index is 0.0783. The quantitative estimate of drug-likeness (QED) is 0.461. The van der Waals surface area contributed by atoms with E-state index in [1.165, 1.54) is 0 Å². The number of hydrogen-bond donors (Lipinski definition) is 2. The molecule has 0 saturated heterocycles. The van der Waals surface area contributed by atoms with Gasteiger partial charge in [0.2, 0.25) is 11.8 Å². The number of oxazole rings is 1. The molecule has 0 bridgehead atoms. The van der Waals surface area contributed by atoms with Gasteiger partial charge in [0.1, 0.15) is 11.5 Å². The predicted octanol–water partition coefficient (Wildman–Crippen LogP) is 4.43. The molecular weight excluding hydrogens is 418 g/mol. The van der Waals surface area contributed by atoms with E-state index in [1.807, 2.05) is 6.92 Å². The van der Waals surface area contributed by atoms with E-state index >= 15 is 0 Å². The second-order valence-corrected chi connectivity index (χ2v) is 8.03. The fourth-order valence-electron chi connectivity index (χ4n) is 3.82. The highest BCUT2D eigenvalue weighted by atomic mass is 35.5. The van der Waals surface area contributed by atoms with Gasteiger partial charge in [0.25, 0.3) is 0 Å². The van der Waals surface area contributed by atoms with Crippen molar-refractivity contribution in [3.63, 3.8) is 0 Å². The molecule has 31 heavy (non-hydrogen) atoms. The van der Waals surface area contributed by atoms with E-state index in [0.29, 0.717) is 47.2 Å². The summed E-state index contributed by atoms with van der Waals surface area (Å²) in [4.78, 5) is 28.5. The molecule has 1 aliphatic carbocycles. The lowest BCUT2D eigenvalue weighted by atomic mass is 9.80. The first-order chi connectivity index (χ1) is 15.0. The maximum atomic E-state index is 12.7. The third kappa shape index (κ3) is 5.47. The Morgan fingerprint density at radius 3 is 2.90 bits per heavy atom. The zero-order chi connectivity index (χ0) is 22.4. The number of carbonyl (C=O) groups excluding carboxylic acids is 2. The van der Waals surface area contributed by atoms with Gasteiger partial charge in [0, 0.05) is 29.6 Å². The van der Waals surface area contributed by atoms with Crippen molar-refractivity contribution in [1.82, 2.24) is 15.6 Å². The number of allylic oxidation sites excluding steroid dienone is 2. The Bertz CT molecular complexity index is 969. The summed E-state index contributed by atoms with van der Waals surface area (Å²) in [6.07, 6.45) is 5.60. The van der Waals surface area contributed by atoms with Gasteiger partial charge in [0.05, 0.1) is 24.1 Å². The molecule has 0 spiro atoms. The van der Waals surface area contributed by atoms with Crippen molar-refractivity contribution in [2.24, 2.45) is 5.92 Å². The van der Waals surface area contributed by atoms with Gasteiger partial charge in [-0.2, -0.15) is 0 Å². The molecule has 166 valence electrons. The molecule has 1 fully saturated rings. The smallest absolute Gasteiger partial charge is 0.230 e. The highest BCUT2D eigenvalue weighted by molar-refractivity contribution is 6.30. The number of benzene rings is 1. The van der Waals surface area contributed by atoms with Gasteiger partial charge in [0.15, 0.2) is 6.29 Å². The van der Waals surface area contributed by atoms with Crippen molar-refractivity contribution in [2.75, 3.05) is 13.7 Å². The number of rotatable bonds is 8. The number of carbonyl (C=O) groups is 2. The van der Waals surface area contributed by atoms with Crippen LogP contribution in [0.15, 0.2) is 40.2 Å². The third-order valence-electron chi connectivity index (χ3n) is 5.60. The van der Waals surface area contributed by atoms with Gasteiger partial charge in [-0.15, -0.1) is 0 Å². The minimum atomic E-state index is -0.197. The topological polar surface area (TPSA) is 93.5 Å². The molecule has 1 heterocycles. The highest BCUT2D eigenvalue weighted by Crippen LogP contribution is 2.39. The molecule has 2 aromatic rings. The highest BCUT2D eigenvalue weighted by Gasteiger charge is 2.31. The van der Waals surface area contributed by atoms with Crippen LogP contribution in [0.25, 0.3) is 11.5 Å². The number of amides is 1. The normalized spacial score (nSPS) is 19.4. The molecule has 2 unspecified atom stereocenters. The van der Waals surface area contributed by atoms with Crippen molar-refractivity contribution >= 4 is 23.8 Å². The maximum absolute atomic E-state index is 12.7. The minimum Gasteiger partial charge on any atom is -0.493 e.